The van der Waals surface area contributed by atoms with Crippen molar-refractivity contribution in [1.82, 2.24) is 4.90 Å². The Morgan fingerprint density at radius 3 is 1.87 bits per heavy atom. The van der Waals surface area contributed by atoms with Gasteiger partial charge in [-0.25, -0.2) is 0 Å². The highest BCUT2D eigenvalue weighted by Crippen LogP contribution is 2.28. The lowest BCUT2D eigenvalue weighted by Gasteiger charge is -2.37. The average molecular weight is 211 g/mol. The van der Waals surface area contributed by atoms with E-state index in [0.717, 1.165) is 0 Å². The number of aliphatic hydroxyl groups is 1. The Labute approximate surface area is 89.6 Å². The van der Waals surface area contributed by atoms with Crippen LogP contribution in [0.15, 0.2) is 12.2 Å². The van der Waals surface area contributed by atoms with Gasteiger partial charge in [0, 0.05) is 17.7 Å². The van der Waals surface area contributed by atoms with Crippen LogP contribution in [0.25, 0.3) is 0 Å². The standard InChI is InChI=1S/C11H17NO3/c1-10(2,7-11(3,4)15)12-8(13)5-6-9(12)14/h5-6,15H,7H2,1-4H3. The molecule has 2 amide bonds. The van der Waals surface area contributed by atoms with Crippen LogP contribution >= 0.6 is 0 Å². The van der Waals surface area contributed by atoms with E-state index in [0.29, 0.717) is 6.42 Å². The molecule has 0 radical (unpaired) electrons. The molecule has 0 saturated carbocycles. The van der Waals surface area contributed by atoms with Crippen LogP contribution in [0.4, 0.5) is 0 Å². The Morgan fingerprint density at radius 2 is 1.53 bits per heavy atom. The fraction of sp³-hybridized carbons (Fsp3) is 0.636. The normalized spacial score (nSPS) is 17.8. The maximum Gasteiger partial charge on any atom is 0.254 e. The summed E-state index contributed by atoms with van der Waals surface area (Å²) in [5, 5.41) is 9.72. The number of carbonyl (C=O) groups excluding carboxylic acids is 2. The van der Waals surface area contributed by atoms with Crippen LogP contribution in [0.1, 0.15) is 34.1 Å². The lowest BCUT2D eigenvalue weighted by molar-refractivity contribution is -0.144. The van der Waals surface area contributed by atoms with E-state index in [9.17, 15) is 14.7 Å². The lowest BCUT2D eigenvalue weighted by atomic mass is 9.88. The van der Waals surface area contributed by atoms with Crippen molar-refractivity contribution in [2.45, 2.75) is 45.3 Å². The molecule has 0 bridgehead atoms. The van der Waals surface area contributed by atoms with Gasteiger partial charge in [-0.1, -0.05) is 0 Å². The first kappa shape index (κ1) is 11.9. The molecule has 0 aliphatic carbocycles. The van der Waals surface area contributed by atoms with E-state index in [1.807, 2.05) is 0 Å². The fourth-order valence-corrected chi connectivity index (χ4v) is 2.13. The van der Waals surface area contributed by atoms with E-state index in [1.165, 1.54) is 17.1 Å². The van der Waals surface area contributed by atoms with Gasteiger partial charge >= 0.3 is 0 Å². The highest BCUT2D eigenvalue weighted by atomic mass is 16.3. The maximum absolute atomic E-state index is 11.5. The van der Waals surface area contributed by atoms with E-state index in [-0.39, 0.29) is 11.8 Å². The van der Waals surface area contributed by atoms with E-state index >= 15 is 0 Å². The Balaban J connectivity index is 2.87. The van der Waals surface area contributed by atoms with Crippen LogP contribution < -0.4 is 0 Å². The van der Waals surface area contributed by atoms with Crippen LogP contribution in [0.5, 0.6) is 0 Å². The van der Waals surface area contributed by atoms with Crippen molar-refractivity contribution in [1.29, 1.82) is 0 Å². The van der Waals surface area contributed by atoms with E-state index in [2.05, 4.69) is 0 Å². The first-order chi connectivity index (χ1) is 6.63. The van der Waals surface area contributed by atoms with Crippen molar-refractivity contribution in [3.05, 3.63) is 12.2 Å². The highest BCUT2D eigenvalue weighted by Gasteiger charge is 2.40. The van der Waals surface area contributed by atoms with E-state index in [4.69, 9.17) is 0 Å². The summed E-state index contributed by atoms with van der Waals surface area (Å²) in [5.74, 6) is -0.622. The average Bonchev–Trinajstić information content (AvgIpc) is 2.25. The predicted octanol–water partition coefficient (Wildman–Crippen LogP) is 0.851. The minimum absolute atomic E-state index is 0.311. The zero-order valence-corrected chi connectivity index (χ0v) is 9.57. The predicted molar refractivity (Wildman–Crippen MR) is 56.0 cm³/mol. The van der Waals surface area contributed by atoms with Crippen molar-refractivity contribution in [2.75, 3.05) is 0 Å². The minimum atomic E-state index is -0.910. The Bertz CT molecular complexity index is 305. The smallest absolute Gasteiger partial charge is 0.254 e. The van der Waals surface area contributed by atoms with Gasteiger partial charge in [0.15, 0.2) is 0 Å². The summed E-state index contributed by atoms with van der Waals surface area (Å²) in [6.07, 6.45) is 2.86. The fourth-order valence-electron chi connectivity index (χ4n) is 2.13. The van der Waals surface area contributed by atoms with E-state index in [1.54, 1.807) is 27.7 Å². The molecule has 1 N–H and O–H groups in total. The summed E-state index contributed by atoms with van der Waals surface area (Å²) in [5.41, 5.74) is -1.58. The molecule has 84 valence electrons. The molecule has 0 saturated heterocycles. The van der Waals surface area contributed by atoms with Crippen molar-refractivity contribution >= 4 is 11.8 Å². The third-order valence-corrected chi connectivity index (χ3v) is 2.28. The molecule has 0 aromatic carbocycles. The molecule has 0 aromatic heterocycles. The van der Waals surface area contributed by atoms with Gasteiger partial charge in [0.05, 0.1) is 5.60 Å². The van der Waals surface area contributed by atoms with Crippen LogP contribution in [-0.2, 0) is 9.59 Å². The number of rotatable bonds is 3. The minimum Gasteiger partial charge on any atom is -0.390 e. The van der Waals surface area contributed by atoms with Crippen LogP contribution in [0.3, 0.4) is 0 Å². The Kier molecular flexibility index (Phi) is 2.74. The number of amides is 2. The molecule has 0 fully saturated rings. The summed E-state index contributed by atoms with van der Waals surface area (Å²) in [6.45, 7) is 6.86. The van der Waals surface area contributed by atoms with Crippen LogP contribution in [0, 0.1) is 0 Å². The number of imide groups is 1. The quantitative estimate of drug-likeness (QED) is 0.704. The van der Waals surface area contributed by atoms with Gasteiger partial charge in [-0.05, 0) is 34.1 Å². The SMILES string of the molecule is CC(C)(O)CC(C)(C)N1C(=O)C=CC1=O. The third kappa shape index (κ3) is 2.65. The topological polar surface area (TPSA) is 57.6 Å². The van der Waals surface area contributed by atoms with Crippen molar-refractivity contribution in [3.63, 3.8) is 0 Å². The van der Waals surface area contributed by atoms with Gasteiger partial charge in [-0.3, -0.25) is 14.5 Å². The van der Waals surface area contributed by atoms with E-state index < -0.39 is 11.1 Å². The summed E-state index contributed by atoms with van der Waals surface area (Å²) >= 11 is 0. The molecule has 0 aromatic rings. The second kappa shape index (κ2) is 3.45. The third-order valence-electron chi connectivity index (χ3n) is 2.28. The number of hydrogen-bond acceptors (Lipinski definition) is 3. The molecule has 1 aliphatic rings. The van der Waals surface area contributed by atoms with Gasteiger partial charge < -0.3 is 5.11 Å². The zero-order valence-electron chi connectivity index (χ0n) is 9.57. The highest BCUT2D eigenvalue weighted by molar-refractivity contribution is 6.13. The van der Waals surface area contributed by atoms with Crippen molar-refractivity contribution in [2.24, 2.45) is 0 Å². The molecular weight excluding hydrogens is 194 g/mol. The van der Waals surface area contributed by atoms with Crippen molar-refractivity contribution < 1.29 is 14.7 Å². The Morgan fingerprint density at radius 1 is 1.13 bits per heavy atom. The van der Waals surface area contributed by atoms with Crippen LogP contribution in [-0.4, -0.2) is 33.0 Å². The summed E-state index contributed by atoms with van der Waals surface area (Å²) in [4.78, 5) is 24.1. The zero-order chi connectivity index (χ0) is 11.9. The molecule has 1 rings (SSSR count). The first-order valence-electron chi connectivity index (χ1n) is 4.92. The largest absolute Gasteiger partial charge is 0.390 e. The van der Waals surface area contributed by atoms with Gasteiger partial charge in [-0.15, -0.1) is 0 Å². The molecule has 4 heteroatoms. The summed E-state index contributed by atoms with van der Waals surface area (Å²) in [7, 11) is 0. The van der Waals surface area contributed by atoms with Gasteiger partial charge in [0.25, 0.3) is 11.8 Å². The molecule has 15 heavy (non-hydrogen) atoms. The summed E-state index contributed by atoms with van der Waals surface area (Å²) < 4.78 is 0. The lowest BCUT2D eigenvalue weighted by Crippen LogP contribution is -2.51. The molecule has 0 unspecified atom stereocenters. The second-order valence-corrected chi connectivity index (χ2v) is 5.15. The molecule has 4 nitrogen and oxygen atoms in total. The maximum atomic E-state index is 11.5. The molecule has 0 spiro atoms. The Hall–Kier alpha value is -1.16. The number of nitrogens with zero attached hydrogens (tertiary/aromatic N) is 1. The second-order valence-electron chi connectivity index (χ2n) is 5.15. The van der Waals surface area contributed by atoms with Crippen molar-refractivity contribution in [3.8, 4) is 0 Å². The number of carbonyl (C=O) groups is 2. The molecule has 0 atom stereocenters. The molecular formula is C11H17NO3. The molecule has 1 aliphatic heterocycles. The molecule has 1 heterocycles. The summed E-state index contributed by atoms with van der Waals surface area (Å²) in [6, 6.07) is 0. The number of hydrogen-bond donors (Lipinski definition) is 1. The first-order valence-corrected chi connectivity index (χ1v) is 4.92. The van der Waals surface area contributed by atoms with Gasteiger partial charge in [0.1, 0.15) is 0 Å². The van der Waals surface area contributed by atoms with Crippen LogP contribution in [0.2, 0.25) is 0 Å². The van der Waals surface area contributed by atoms with Gasteiger partial charge in [0.2, 0.25) is 0 Å². The monoisotopic (exact) mass is 211 g/mol. The van der Waals surface area contributed by atoms with Gasteiger partial charge in [-0.2, -0.15) is 0 Å².